The van der Waals surface area contributed by atoms with E-state index in [-0.39, 0.29) is 5.91 Å². The van der Waals surface area contributed by atoms with Crippen molar-refractivity contribution in [1.29, 1.82) is 0 Å². The summed E-state index contributed by atoms with van der Waals surface area (Å²) < 4.78 is 0. The molecule has 1 amide bonds. The largest absolute Gasteiger partial charge is 0.370 e. The Morgan fingerprint density at radius 2 is 1.62 bits per heavy atom. The average molecular weight is 225 g/mol. The lowest BCUT2D eigenvalue weighted by Gasteiger charge is -2.07. The number of hydrogen-bond donors (Lipinski definition) is 1. The third kappa shape index (κ3) is 5.24. The predicted octanol–water partition coefficient (Wildman–Crippen LogP) is 3.16. The van der Waals surface area contributed by atoms with Crippen molar-refractivity contribution in [2.75, 3.05) is 0 Å². The smallest absolute Gasteiger partial charge is 0.221 e. The molecule has 1 rings (SSSR count). The molecule has 0 aromatic rings. The number of rotatable bonds is 10. The highest BCUT2D eigenvalue weighted by Crippen LogP contribution is 2.36. The van der Waals surface area contributed by atoms with E-state index in [0.29, 0.717) is 6.42 Å². The molecule has 1 aliphatic rings. The Balaban J connectivity index is 1.93. The van der Waals surface area contributed by atoms with Crippen LogP contribution in [0.15, 0.2) is 10.2 Å². The van der Waals surface area contributed by atoms with Gasteiger partial charge in [0.1, 0.15) is 0 Å². The SMILES string of the molecule is CCCCCCCCCC1(CC(N)=O)N=N1. The van der Waals surface area contributed by atoms with Crippen LogP contribution in [0.5, 0.6) is 0 Å². The molecule has 0 atom stereocenters. The Morgan fingerprint density at radius 3 is 2.12 bits per heavy atom. The van der Waals surface area contributed by atoms with Crippen LogP contribution in [-0.2, 0) is 4.79 Å². The number of nitrogens with two attached hydrogens (primary N) is 1. The number of primary amides is 1. The normalized spacial score (nSPS) is 16.3. The molecule has 0 fully saturated rings. The van der Waals surface area contributed by atoms with Crippen LogP contribution in [0.4, 0.5) is 0 Å². The summed E-state index contributed by atoms with van der Waals surface area (Å²) in [6.45, 7) is 2.23. The molecule has 0 aromatic carbocycles. The fourth-order valence-electron chi connectivity index (χ4n) is 1.97. The van der Waals surface area contributed by atoms with Crippen LogP contribution < -0.4 is 5.73 Å². The van der Waals surface area contributed by atoms with Gasteiger partial charge in [-0.3, -0.25) is 4.79 Å². The highest BCUT2D eigenvalue weighted by atomic mass is 16.1. The molecule has 4 heteroatoms. The number of unbranched alkanes of at least 4 members (excludes halogenated alkanes) is 6. The first-order valence-corrected chi connectivity index (χ1v) is 6.41. The first-order chi connectivity index (χ1) is 7.68. The van der Waals surface area contributed by atoms with Crippen LogP contribution in [0.3, 0.4) is 0 Å². The minimum atomic E-state index is -0.407. The highest BCUT2D eigenvalue weighted by molar-refractivity contribution is 5.75. The van der Waals surface area contributed by atoms with Gasteiger partial charge >= 0.3 is 0 Å². The molecule has 0 saturated carbocycles. The number of hydrogen-bond acceptors (Lipinski definition) is 3. The van der Waals surface area contributed by atoms with Crippen molar-refractivity contribution in [2.45, 2.75) is 70.4 Å². The van der Waals surface area contributed by atoms with Crippen molar-refractivity contribution in [3.05, 3.63) is 0 Å². The minimum absolute atomic E-state index is 0.294. The maximum absolute atomic E-state index is 10.8. The van der Waals surface area contributed by atoms with E-state index >= 15 is 0 Å². The van der Waals surface area contributed by atoms with Gasteiger partial charge in [-0.25, -0.2) is 0 Å². The number of amides is 1. The quantitative estimate of drug-likeness (QED) is 0.570. The topological polar surface area (TPSA) is 67.8 Å². The van der Waals surface area contributed by atoms with Crippen LogP contribution in [-0.4, -0.2) is 11.6 Å². The molecule has 92 valence electrons. The van der Waals surface area contributed by atoms with Crippen LogP contribution in [0, 0.1) is 0 Å². The molecule has 2 N–H and O–H groups in total. The monoisotopic (exact) mass is 225 g/mol. The molecule has 0 radical (unpaired) electrons. The maximum atomic E-state index is 10.8. The Morgan fingerprint density at radius 1 is 1.06 bits per heavy atom. The molecule has 1 aliphatic heterocycles. The van der Waals surface area contributed by atoms with E-state index in [1.807, 2.05) is 0 Å². The van der Waals surface area contributed by atoms with Crippen LogP contribution in [0.25, 0.3) is 0 Å². The van der Waals surface area contributed by atoms with E-state index in [9.17, 15) is 4.79 Å². The van der Waals surface area contributed by atoms with Gasteiger partial charge in [0.25, 0.3) is 0 Å². The average Bonchev–Trinajstić information content (AvgIpc) is 2.96. The van der Waals surface area contributed by atoms with Gasteiger partial charge in [-0.2, -0.15) is 10.2 Å². The zero-order valence-electron chi connectivity index (χ0n) is 10.2. The third-order valence-electron chi connectivity index (χ3n) is 3.02. The predicted molar refractivity (Wildman–Crippen MR) is 64.0 cm³/mol. The first kappa shape index (κ1) is 13.1. The van der Waals surface area contributed by atoms with Gasteiger partial charge in [0.05, 0.1) is 6.42 Å². The summed E-state index contributed by atoms with van der Waals surface area (Å²) >= 11 is 0. The van der Waals surface area contributed by atoms with E-state index in [1.165, 1.54) is 38.5 Å². The lowest BCUT2D eigenvalue weighted by atomic mass is 10.0. The van der Waals surface area contributed by atoms with Crippen molar-refractivity contribution >= 4 is 5.91 Å². The van der Waals surface area contributed by atoms with E-state index in [2.05, 4.69) is 17.2 Å². The summed E-state index contributed by atoms with van der Waals surface area (Å²) in [6, 6.07) is 0. The van der Waals surface area contributed by atoms with E-state index in [1.54, 1.807) is 0 Å². The van der Waals surface area contributed by atoms with Crippen LogP contribution >= 0.6 is 0 Å². The van der Waals surface area contributed by atoms with Crippen molar-refractivity contribution in [3.8, 4) is 0 Å². The Hall–Kier alpha value is -0.930. The first-order valence-electron chi connectivity index (χ1n) is 6.41. The number of carbonyl (C=O) groups excluding carboxylic acids is 1. The van der Waals surface area contributed by atoms with E-state index < -0.39 is 5.66 Å². The van der Waals surface area contributed by atoms with Gasteiger partial charge in [0.2, 0.25) is 5.91 Å². The molecular formula is C12H23N3O. The summed E-state index contributed by atoms with van der Waals surface area (Å²) in [5.41, 5.74) is 4.74. The lowest BCUT2D eigenvalue weighted by molar-refractivity contribution is -0.118. The van der Waals surface area contributed by atoms with E-state index in [4.69, 9.17) is 5.73 Å². The molecule has 16 heavy (non-hydrogen) atoms. The van der Waals surface area contributed by atoms with Gasteiger partial charge in [-0.15, -0.1) is 0 Å². The molecule has 1 heterocycles. The van der Waals surface area contributed by atoms with Gasteiger partial charge in [-0.05, 0) is 12.8 Å². The molecule has 0 aromatic heterocycles. The lowest BCUT2D eigenvalue weighted by Crippen LogP contribution is -2.22. The zero-order chi connectivity index (χ0) is 11.9. The third-order valence-corrected chi connectivity index (χ3v) is 3.02. The Kier molecular flexibility index (Phi) is 5.43. The van der Waals surface area contributed by atoms with Crippen LogP contribution in [0.2, 0.25) is 0 Å². The molecular weight excluding hydrogens is 202 g/mol. The van der Waals surface area contributed by atoms with Gasteiger partial charge < -0.3 is 5.73 Å². The highest BCUT2D eigenvalue weighted by Gasteiger charge is 2.40. The summed E-state index contributed by atoms with van der Waals surface area (Å²) in [5, 5.41) is 7.89. The zero-order valence-corrected chi connectivity index (χ0v) is 10.2. The van der Waals surface area contributed by atoms with Crippen LogP contribution in [0.1, 0.15) is 64.7 Å². The number of carbonyl (C=O) groups is 1. The summed E-state index contributed by atoms with van der Waals surface area (Å²) in [6.07, 6.45) is 10.1. The van der Waals surface area contributed by atoms with Gasteiger partial charge in [0, 0.05) is 0 Å². The maximum Gasteiger partial charge on any atom is 0.221 e. The second-order valence-corrected chi connectivity index (χ2v) is 4.70. The fourth-order valence-corrected chi connectivity index (χ4v) is 1.97. The van der Waals surface area contributed by atoms with Crippen molar-refractivity contribution < 1.29 is 4.79 Å². The summed E-state index contributed by atoms with van der Waals surface area (Å²) in [5.74, 6) is -0.298. The van der Waals surface area contributed by atoms with Crippen molar-refractivity contribution in [3.63, 3.8) is 0 Å². The molecule has 0 bridgehead atoms. The second-order valence-electron chi connectivity index (χ2n) is 4.70. The molecule has 4 nitrogen and oxygen atoms in total. The van der Waals surface area contributed by atoms with E-state index in [0.717, 1.165) is 12.8 Å². The minimum Gasteiger partial charge on any atom is -0.370 e. The summed E-state index contributed by atoms with van der Waals surface area (Å²) in [7, 11) is 0. The molecule has 0 saturated heterocycles. The molecule has 0 aliphatic carbocycles. The molecule has 0 unspecified atom stereocenters. The number of nitrogens with zero attached hydrogens (tertiary/aromatic N) is 2. The summed E-state index contributed by atoms with van der Waals surface area (Å²) in [4.78, 5) is 10.8. The van der Waals surface area contributed by atoms with Gasteiger partial charge in [0.15, 0.2) is 5.66 Å². The van der Waals surface area contributed by atoms with Gasteiger partial charge in [-0.1, -0.05) is 45.4 Å². The fraction of sp³-hybridized carbons (Fsp3) is 0.917. The Bertz CT molecular complexity index is 245. The Labute approximate surface area is 97.7 Å². The molecule has 0 spiro atoms. The second kappa shape index (κ2) is 6.61. The standard InChI is InChI=1S/C12H23N3O/c1-2-3-4-5-6-7-8-9-12(14-15-12)10-11(13)16/h2-10H2,1H3,(H2,13,16). The van der Waals surface area contributed by atoms with Crippen molar-refractivity contribution in [2.24, 2.45) is 16.0 Å². The van der Waals surface area contributed by atoms with Crippen molar-refractivity contribution in [1.82, 2.24) is 0 Å².